The molecule has 0 radical (unpaired) electrons. The molecule has 0 atom stereocenters. The monoisotopic (exact) mass is 413 g/mol. The van der Waals surface area contributed by atoms with Crippen LogP contribution in [0.4, 0.5) is 10.5 Å². The third kappa shape index (κ3) is 5.14. The van der Waals surface area contributed by atoms with Crippen molar-refractivity contribution in [3.05, 3.63) is 40.4 Å². The second-order valence-corrected chi connectivity index (χ2v) is 6.35. The number of carbonyl (C=O) groups is 1. The van der Waals surface area contributed by atoms with Crippen LogP contribution in [0.15, 0.2) is 36.5 Å². The predicted molar refractivity (Wildman–Crippen MR) is 91.1 cm³/mol. The Kier molecular flexibility index (Phi) is 5.17. The molecule has 0 bridgehead atoms. The van der Waals surface area contributed by atoms with E-state index < -0.39 is 11.7 Å². The van der Waals surface area contributed by atoms with Gasteiger partial charge in [0, 0.05) is 34.9 Å². The van der Waals surface area contributed by atoms with Gasteiger partial charge in [0.2, 0.25) is 5.88 Å². The van der Waals surface area contributed by atoms with Gasteiger partial charge in [0.05, 0.1) is 5.69 Å². The first-order chi connectivity index (χ1) is 10.3. The Morgan fingerprint density at radius 3 is 2.64 bits per heavy atom. The highest BCUT2D eigenvalue weighted by Crippen LogP contribution is 2.28. The molecule has 116 valence electrons. The minimum absolute atomic E-state index is 0.401. The smallest absolute Gasteiger partial charge is 0.412 e. The van der Waals surface area contributed by atoms with Crippen LogP contribution in [-0.4, -0.2) is 21.7 Å². The van der Waals surface area contributed by atoms with Gasteiger partial charge in [0.25, 0.3) is 0 Å². The van der Waals surface area contributed by atoms with E-state index in [1.807, 2.05) is 28.7 Å². The average Bonchev–Trinajstić information content (AvgIpc) is 2.39. The highest BCUT2D eigenvalue weighted by atomic mass is 127. The van der Waals surface area contributed by atoms with Crippen LogP contribution in [0.3, 0.4) is 0 Å². The Balaban J connectivity index is 2.15. The fraction of sp³-hybridized carbons (Fsp3) is 0.267. The normalized spacial score (nSPS) is 10.9. The van der Waals surface area contributed by atoms with E-state index in [0.717, 1.165) is 0 Å². The van der Waals surface area contributed by atoms with Gasteiger partial charge < -0.3 is 9.47 Å². The number of rotatable bonds is 3. The van der Waals surface area contributed by atoms with Gasteiger partial charge >= 0.3 is 6.09 Å². The molecule has 22 heavy (non-hydrogen) atoms. The molecular weight excluding hydrogens is 397 g/mol. The molecular formula is C15H16IN3O3. The van der Waals surface area contributed by atoms with Crippen LogP contribution < -0.4 is 10.1 Å². The van der Waals surface area contributed by atoms with Gasteiger partial charge in [0.1, 0.15) is 5.60 Å². The first kappa shape index (κ1) is 16.5. The Hall–Kier alpha value is -1.90. The zero-order valence-electron chi connectivity index (χ0n) is 12.5. The standard InChI is InChI=1S/C15H16IN3O3/c1-15(2,3)22-14(20)18-10-6-4-5-7-11(10)21-12-8-9-17-13(16)19-12/h4-9H,1-3H3,(H,18,20). The van der Waals surface area contributed by atoms with Gasteiger partial charge in [-0.3, -0.25) is 5.32 Å². The van der Waals surface area contributed by atoms with E-state index in [9.17, 15) is 4.79 Å². The number of ether oxygens (including phenoxy) is 2. The van der Waals surface area contributed by atoms with Gasteiger partial charge in [-0.05, 0) is 32.9 Å². The van der Waals surface area contributed by atoms with Crippen molar-refractivity contribution in [1.82, 2.24) is 9.97 Å². The summed E-state index contributed by atoms with van der Waals surface area (Å²) >= 11 is 2.00. The number of amides is 1. The highest BCUT2D eigenvalue weighted by Gasteiger charge is 2.17. The Morgan fingerprint density at radius 2 is 1.95 bits per heavy atom. The molecule has 0 fully saturated rings. The summed E-state index contributed by atoms with van der Waals surface area (Å²) in [6.45, 7) is 5.41. The molecule has 1 aromatic carbocycles. The van der Waals surface area contributed by atoms with Crippen molar-refractivity contribution in [2.45, 2.75) is 26.4 Å². The summed E-state index contributed by atoms with van der Waals surface area (Å²) < 4.78 is 11.5. The molecule has 0 saturated heterocycles. The molecule has 0 aliphatic carbocycles. The number of halogens is 1. The molecule has 0 aliphatic heterocycles. The molecule has 1 amide bonds. The SMILES string of the molecule is CC(C)(C)OC(=O)Nc1ccccc1Oc1ccnc(I)n1. The molecule has 6 nitrogen and oxygen atoms in total. The molecule has 0 saturated carbocycles. The maximum atomic E-state index is 11.9. The number of hydrogen-bond acceptors (Lipinski definition) is 5. The van der Waals surface area contributed by atoms with Crippen molar-refractivity contribution in [3.63, 3.8) is 0 Å². The van der Waals surface area contributed by atoms with E-state index >= 15 is 0 Å². The maximum Gasteiger partial charge on any atom is 0.412 e. The third-order valence-electron chi connectivity index (χ3n) is 2.34. The average molecular weight is 413 g/mol. The van der Waals surface area contributed by atoms with Crippen LogP contribution >= 0.6 is 22.6 Å². The van der Waals surface area contributed by atoms with Crippen molar-refractivity contribution in [2.24, 2.45) is 0 Å². The van der Waals surface area contributed by atoms with Crippen molar-refractivity contribution < 1.29 is 14.3 Å². The van der Waals surface area contributed by atoms with Crippen LogP contribution in [-0.2, 0) is 4.74 Å². The van der Waals surface area contributed by atoms with Crippen molar-refractivity contribution >= 4 is 34.4 Å². The van der Waals surface area contributed by atoms with Gasteiger partial charge in [-0.2, -0.15) is 4.98 Å². The first-order valence-corrected chi connectivity index (χ1v) is 7.67. The third-order valence-corrected chi connectivity index (χ3v) is 2.86. The fourth-order valence-electron chi connectivity index (χ4n) is 1.56. The number of hydrogen-bond donors (Lipinski definition) is 1. The van der Waals surface area contributed by atoms with E-state index in [0.29, 0.717) is 21.1 Å². The van der Waals surface area contributed by atoms with Gasteiger partial charge in [-0.1, -0.05) is 12.1 Å². The van der Waals surface area contributed by atoms with E-state index in [4.69, 9.17) is 9.47 Å². The van der Waals surface area contributed by atoms with Gasteiger partial charge in [0.15, 0.2) is 9.58 Å². The topological polar surface area (TPSA) is 73.3 Å². The minimum atomic E-state index is -0.567. The fourth-order valence-corrected chi connectivity index (χ4v) is 1.96. The Morgan fingerprint density at radius 1 is 1.23 bits per heavy atom. The zero-order chi connectivity index (χ0) is 16.2. The van der Waals surface area contributed by atoms with Crippen molar-refractivity contribution in [1.29, 1.82) is 0 Å². The predicted octanol–water partition coefficient (Wildman–Crippen LogP) is 4.22. The number of nitrogens with one attached hydrogen (secondary N) is 1. The number of anilines is 1. The molecule has 1 heterocycles. The lowest BCUT2D eigenvalue weighted by atomic mass is 10.2. The zero-order valence-corrected chi connectivity index (χ0v) is 14.6. The van der Waals surface area contributed by atoms with Crippen LogP contribution in [0.5, 0.6) is 11.6 Å². The van der Waals surface area contributed by atoms with Crippen LogP contribution in [0.25, 0.3) is 0 Å². The van der Waals surface area contributed by atoms with E-state index in [1.54, 1.807) is 51.2 Å². The van der Waals surface area contributed by atoms with Crippen LogP contribution in [0.1, 0.15) is 20.8 Å². The lowest BCUT2D eigenvalue weighted by Gasteiger charge is -2.20. The molecule has 1 N–H and O–H groups in total. The van der Waals surface area contributed by atoms with Crippen molar-refractivity contribution in [2.75, 3.05) is 5.32 Å². The summed E-state index contributed by atoms with van der Waals surface area (Å²) in [6, 6.07) is 8.71. The molecule has 7 heteroatoms. The highest BCUT2D eigenvalue weighted by molar-refractivity contribution is 14.1. The Labute approximate surface area is 142 Å². The van der Waals surface area contributed by atoms with Gasteiger partial charge in [-0.15, -0.1) is 0 Å². The Bertz CT molecular complexity index is 671. The van der Waals surface area contributed by atoms with Crippen LogP contribution in [0, 0.1) is 3.83 Å². The van der Waals surface area contributed by atoms with Crippen molar-refractivity contribution in [3.8, 4) is 11.6 Å². The maximum absolute atomic E-state index is 11.9. The molecule has 0 aliphatic rings. The molecule has 2 aromatic rings. The summed E-state index contributed by atoms with van der Waals surface area (Å²) in [4.78, 5) is 20.0. The second-order valence-electron chi connectivity index (χ2n) is 5.39. The summed E-state index contributed by atoms with van der Waals surface area (Å²) in [5.41, 5.74) is -0.0618. The number of benzene rings is 1. The quantitative estimate of drug-likeness (QED) is 0.603. The lowest BCUT2D eigenvalue weighted by molar-refractivity contribution is 0.0635. The first-order valence-electron chi connectivity index (χ1n) is 6.59. The van der Waals surface area contributed by atoms with E-state index in [1.165, 1.54) is 0 Å². The van der Waals surface area contributed by atoms with E-state index in [-0.39, 0.29) is 0 Å². The molecule has 0 unspecified atom stereocenters. The second kappa shape index (κ2) is 6.91. The number of carbonyl (C=O) groups excluding carboxylic acids is 1. The summed E-state index contributed by atoms with van der Waals surface area (Å²) in [7, 11) is 0. The van der Waals surface area contributed by atoms with E-state index in [2.05, 4.69) is 15.3 Å². The minimum Gasteiger partial charge on any atom is -0.444 e. The molecule has 1 aromatic heterocycles. The molecule has 0 spiro atoms. The molecule has 2 rings (SSSR count). The largest absolute Gasteiger partial charge is 0.444 e. The summed E-state index contributed by atoms with van der Waals surface area (Å²) in [6.07, 6.45) is 1.06. The number of nitrogens with zero attached hydrogens (tertiary/aromatic N) is 2. The van der Waals surface area contributed by atoms with Gasteiger partial charge in [-0.25, -0.2) is 9.78 Å². The number of para-hydroxylation sites is 2. The number of aromatic nitrogens is 2. The lowest BCUT2D eigenvalue weighted by Crippen LogP contribution is -2.27. The van der Waals surface area contributed by atoms with Crippen LogP contribution in [0.2, 0.25) is 0 Å². The summed E-state index contributed by atoms with van der Waals surface area (Å²) in [5.74, 6) is 0.876. The summed E-state index contributed by atoms with van der Waals surface area (Å²) in [5, 5.41) is 2.67.